The van der Waals surface area contributed by atoms with Gasteiger partial charge < -0.3 is 9.47 Å². The summed E-state index contributed by atoms with van der Waals surface area (Å²) in [6.45, 7) is 7.77. The van der Waals surface area contributed by atoms with E-state index in [-0.39, 0.29) is 6.61 Å². The van der Waals surface area contributed by atoms with E-state index >= 15 is 0 Å². The van der Waals surface area contributed by atoms with Crippen molar-refractivity contribution in [1.29, 1.82) is 0 Å². The van der Waals surface area contributed by atoms with Crippen molar-refractivity contribution in [3.63, 3.8) is 0 Å². The fraction of sp³-hybridized carbons (Fsp3) is 0.231. The first-order valence-electron chi connectivity index (χ1n) is 5.15. The average Bonchev–Trinajstić information content (AvgIpc) is 2.38. The molecule has 2 bridgehead atoms. The zero-order valence-corrected chi connectivity index (χ0v) is 9.64. The van der Waals surface area contributed by atoms with Gasteiger partial charge in [-0.25, -0.2) is 9.59 Å². The number of hydrogen-bond donors (Lipinski definition) is 0. The zero-order chi connectivity index (χ0) is 12.8. The number of carbonyl (C=O) groups excluding carboxylic acids is 2. The van der Waals surface area contributed by atoms with Gasteiger partial charge in [0.05, 0.1) is 11.1 Å². The van der Waals surface area contributed by atoms with Crippen LogP contribution in [0.1, 0.15) is 27.6 Å². The molecule has 0 saturated carbocycles. The molecule has 0 N–H and O–H groups in total. The predicted molar refractivity (Wildman–Crippen MR) is 62.9 cm³/mol. The Kier molecular flexibility index (Phi) is 4.46. The Hall–Kier alpha value is -2.10. The molecule has 4 nitrogen and oxygen atoms in total. The summed E-state index contributed by atoms with van der Waals surface area (Å²) in [6, 6.07) is 6.21. The van der Waals surface area contributed by atoms with Crippen LogP contribution in [0.4, 0.5) is 0 Å². The molecule has 0 amide bonds. The first kappa shape index (κ1) is 13.0. The van der Waals surface area contributed by atoms with Gasteiger partial charge in [0, 0.05) is 0 Å². The first-order chi connectivity index (χ1) is 8.16. The quantitative estimate of drug-likeness (QED) is 0.510. The van der Waals surface area contributed by atoms with Crippen LogP contribution in [0.15, 0.2) is 37.4 Å². The molecule has 1 atom stereocenters. The van der Waals surface area contributed by atoms with E-state index in [1.54, 1.807) is 31.2 Å². The van der Waals surface area contributed by atoms with E-state index in [2.05, 4.69) is 13.2 Å². The Bertz CT molecular complexity index is 408. The number of hydrogen-bond acceptors (Lipinski definition) is 4. The highest BCUT2D eigenvalue weighted by Gasteiger charge is 2.17. The topological polar surface area (TPSA) is 52.6 Å². The minimum absolute atomic E-state index is 0.0863. The van der Waals surface area contributed by atoms with E-state index in [0.717, 1.165) is 0 Å². The number of rotatable bonds is 0. The lowest BCUT2D eigenvalue weighted by Gasteiger charge is -2.15. The van der Waals surface area contributed by atoms with E-state index in [1.807, 2.05) is 0 Å². The van der Waals surface area contributed by atoms with Gasteiger partial charge in [-0.1, -0.05) is 0 Å². The van der Waals surface area contributed by atoms with E-state index in [0.29, 0.717) is 11.1 Å². The molecule has 0 aromatic heterocycles. The van der Waals surface area contributed by atoms with Crippen molar-refractivity contribution in [3.05, 3.63) is 48.6 Å². The molecule has 1 unspecified atom stereocenters. The molecular weight excluding hydrogens is 220 g/mol. The van der Waals surface area contributed by atoms with Gasteiger partial charge in [0.25, 0.3) is 0 Å². The number of benzene rings is 1. The number of fused-ring (bicyclic) bond motifs is 7. The van der Waals surface area contributed by atoms with Crippen LogP contribution in [-0.2, 0) is 9.47 Å². The summed E-state index contributed by atoms with van der Waals surface area (Å²) in [4.78, 5) is 22.9. The molecule has 0 fully saturated rings. The third-order valence-corrected chi connectivity index (χ3v) is 2.11. The van der Waals surface area contributed by atoms with Crippen LogP contribution >= 0.6 is 0 Å². The Morgan fingerprint density at radius 2 is 1.53 bits per heavy atom. The summed E-state index contributed by atoms with van der Waals surface area (Å²) in [5.74, 6) is -0.793. The molecular formula is C13H14O4. The molecule has 2 aliphatic rings. The maximum atomic E-state index is 11.5. The summed E-state index contributed by atoms with van der Waals surface area (Å²) in [5, 5.41) is 0. The second kappa shape index (κ2) is 5.84. The maximum Gasteiger partial charge on any atom is 0.338 e. The highest BCUT2D eigenvalue weighted by molar-refractivity contribution is 5.93. The van der Waals surface area contributed by atoms with Gasteiger partial charge in [0.2, 0.25) is 0 Å². The molecule has 1 aromatic rings. The fourth-order valence-corrected chi connectivity index (χ4v) is 1.30. The minimum Gasteiger partial charge on any atom is -0.458 e. The molecule has 0 spiro atoms. The smallest absolute Gasteiger partial charge is 0.338 e. The largest absolute Gasteiger partial charge is 0.458 e. The number of ether oxygens (including phenoxy) is 2. The third kappa shape index (κ3) is 3.17. The molecule has 1 aromatic carbocycles. The van der Waals surface area contributed by atoms with Crippen molar-refractivity contribution in [1.82, 2.24) is 0 Å². The SMILES string of the molecule is C=C.CC1COC(=O)c2ccc(cc2)C(=O)O1. The molecule has 0 aliphatic carbocycles. The molecule has 90 valence electrons. The van der Waals surface area contributed by atoms with E-state index < -0.39 is 18.0 Å². The summed E-state index contributed by atoms with van der Waals surface area (Å²) < 4.78 is 9.98. The lowest BCUT2D eigenvalue weighted by atomic mass is 10.1. The van der Waals surface area contributed by atoms with Crippen molar-refractivity contribution in [2.45, 2.75) is 13.0 Å². The van der Waals surface area contributed by atoms with Gasteiger partial charge in [-0.05, 0) is 31.2 Å². The predicted octanol–water partition coefficient (Wildman–Crippen LogP) is 2.20. The Morgan fingerprint density at radius 1 is 1.06 bits per heavy atom. The lowest BCUT2D eigenvalue weighted by Crippen LogP contribution is -2.23. The first-order valence-corrected chi connectivity index (χ1v) is 5.15. The zero-order valence-electron chi connectivity index (χ0n) is 9.64. The normalized spacial score (nSPS) is 18.5. The molecule has 17 heavy (non-hydrogen) atoms. The van der Waals surface area contributed by atoms with E-state index in [9.17, 15) is 9.59 Å². The number of carbonyl (C=O) groups is 2. The Morgan fingerprint density at radius 3 is 2.06 bits per heavy atom. The van der Waals surface area contributed by atoms with Crippen molar-refractivity contribution >= 4 is 11.9 Å². The van der Waals surface area contributed by atoms with Gasteiger partial charge in [-0.3, -0.25) is 0 Å². The standard InChI is InChI=1S/C11H10O4.C2H4/c1-7-6-14-10(12)8-2-4-9(5-3-8)11(13)15-7;1-2/h2-5,7H,6H2,1H3;1-2H2. The molecule has 3 rings (SSSR count). The second-order valence-electron chi connectivity index (χ2n) is 3.39. The van der Waals surface area contributed by atoms with Crippen molar-refractivity contribution in [2.24, 2.45) is 0 Å². The molecule has 2 heterocycles. The van der Waals surface area contributed by atoms with Gasteiger partial charge in [-0.2, -0.15) is 0 Å². The Balaban J connectivity index is 0.000000686. The summed E-state index contributed by atoms with van der Waals surface area (Å²) >= 11 is 0. The van der Waals surface area contributed by atoms with Crippen molar-refractivity contribution in [3.8, 4) is 0 Å². The monoisotopic (exact) mass is 234 g/mol. The van der Waals surface area contributed by atoms with E-state index in [1.165, 1.54) is 0 Å². The third-order valence-electron chi connectivity index (χ3n) is 2.11. The Labute approximate surface area is 99.8 Å². The highest BCUT2D eigenvalue weighted by Crippen LogP contribution is 2.11. The minimum atomic E-state index is -0.421. The molecule has 2 aliphatic heterocycles. The molecule has 0 radical (unpaired) electrons. The maximum absolute atomic E-state index is 11.5. The summed E-state index contributed by atoms with van der Waals surface area (Å²) in [5.41, 5.74) is 0.890. The lowest BCUT2D eigenvalue weighted by molar-refractivity contribution is 0.00395. The van der Waals surface area contributed by atoms with Crippen molar-refractivity contribution < 1.29 is 19.1 Å². The van der Waals surface area contributed by atoms with Crippen molar-refractivity contribution in [2.75, 3.05) is 6.61 Å². The van der Waals surface area contributed by atoms with E-state index in [4.69, 9.17) is 9.47 Å². The number of esters is 2. The summed E-state index contributed by atoms with van der Waals surface area (Å²) in [6.07, 6.45) is -0.421. The molecule has 4 heteroatoms. The van der Waals surface area contributed by atoms with Crippen LogP contribution in [0.3, 0.4) is 0 Å². The van der Waals surface area contributed by atoms with Crippen LogP contribution in [-0.4, -0.2) is 24.6 Å². The van der Waals surface area contributed by atoms with Crippen LogP contribution in [0.25, 0.3) is 0 Å². The van der Waals surface area contributed by atoms with Crippen LogP contribution in [0, 0.1) is 0 Å². The van der Waals surface area contributed by atoms with Crippen LogP contribution in [0.2, 0.25) is 0 Å². The molecule has 0 saturated heterocycles. The second-order valence-corrected chi connectivity index (χ2v) is 3.39. The van der Waals surface area contributed by atoms with Gasteiger partial charge in [0.1, 0.15) is 12.7 Å². The summed E-state index contributed by atoms with van der Waals surface area (Å²) in [7, 11) is 0. The van der Waals surface area contributed by atoms with Crippen LogP contribution < -0.4 is 0 Å². The fourth-order valence-electron chi connectivity index (χ4n) is 1.30. The highest BCUT2D eigenvalue weighted by atomic mass is 16.6. The van der Waals surface area contributed by atoms with Gasteiger partial charge >= 0.3 is 11.9 Å². The van der Waals surface area contributed by atoms with Gasteiger partial charge in [-0.15, -0.1) is 13.2 Å². The van der Waals surface area contributed by atoms with Gasteiger partial charge in [0.15, 0.2) is 0 Å². The van der Waals surface area contributed by atoms with Crippen LogP contribution in [0.5, 0.6) is 0 Å². The average molecular weight is 234 g/mol.